The molecule has 4 aliphatic heterocycles. The molecule has 1 aromatic rings. The Hall–Kier alpha value is -2.60. The van der Waals surface area contributed by atoms with Crippen molar-refractivity contribution in [3.05, 3.63) is 54.1 Å². The van der Waals surface area contributed by atoms with Crippen LogP contribution < -0.4 is 4.74 Å². The maximum Gasteiger partial charge on any atom is 0.230 e. The quantitative estimate of drug-likeness (QED) is 0.717. The fraction of sp³-hybridized carbons (Fsp3) is 0.478. The molecule has 152 valence electrons. The molecule has 6 heteroatoms. The van der Waals surface area contributed by atoms with Crippen LogP contribution in [0, 0.1) is 11.8 Å². The number of fused-ring (bicyclic) bond motifs is 1. The van der Waals surface area contributed by atoms with Gasteiger partial charge in [-0.15, -0.1) is 0 Å². The summed E-state index contributed by atoms with van der Waals surface area (Å²) < 4.78 is 12.0. The molecular formula is C23H26N2O4. The second-order valence-electron chi connectivity index (χ2n) is 8.41. The van der Waals surface area contributed by atoms with Crippen LogP contribution in [0.5, 0.6) is 5.75 Å². The molecule has 4 aliphatic rings. The number of ether oxygens (including phenoxy) is 2. The smallest absolute Gasteiger partial charge is 0.230 e. The standard InChI is InChI=1S/C23H26N2O4/c1-16-8-11-24(12-9-16)21(26)19-18-7-10-23(29-18)15-25(22(27)20(19)23)13-14-28-17-5-3-2-4-6-17/h2-8,10,18-20H,9,11-15H2,1H3/t18-,19+,20-,23-/m0/s1. The van der Waals surface area contributed by atoms with Gasteiger partial charge in [0, 0.05) is 13.1 Å². The molecule has 4 atom stereocenters. The summed E-state index contributed by atoms with van der Waals surface area (Å²) in [5, 5.41) is 0. The number of rotatable bonds is 5. The predicted molar refractivity (Wildman–Crippen MR) is 107 cm³/mol. The summed E-state index contributed by atoms with van der Waals surface area (Å²) in [5.74, 6) is 0.00506. The number of hydrogen-bond acceptors (Lipinski definition) is 4. The van der Waals surface area contributed by atoms with Gasteiger partial charge in [0.05, 0.1) is 31.0 Å². The van der Waals surface area contributed by atoms with Crippen molar-refractivity contribution in [3.63, 3.8) is 0 Å². The van der Waals surface area contributed by atoms with Gasteiger partial charge in [0.25, 0.3) is 0 Å². The third-order valence-corrected chi connectivity index (χ3v) is 6.58. The number of carbonyl (C=O) groups is 2. The van der Waals surface area contributed by atoms with Crippen molar-refractivity contribution in [2.24, 2.45) is 11.8 Å². The van der Waals surface area contributed by atoms with Crippen molar-refractivity contribution in [3.8, 4) is 5.75 Å². The Morgan fingerprint density at radius 1 is 1.31 bits per heavy atom. The molecule has 2 bridgehead atoms. The van der Waals surface area contributed by atoms with E-state index in [1.165, 1.54) is 5.57 Å². The van der Waals surface area contributed by atoms with E-state index in [1.807, 2.05) is 47.4 Å². The normalized spacial score (nSPS) is 32.5. The number of para-hydroxylation sites is 1. The summed E-state index contributed by atoms with van der Waals surface area (Å²) in [7, 11) is 0. The lowest BCUT2D eigenvalue weighted by molar-refractivity contribution is -0.143. The van der Waals surface area contributed by atoms with Gasteiger partial charge in [0.2, 0.25) is 11.8 Å². The van der Waals surface area contributed by atoms with Gasteiger partial charge in [0.1, 0.15) is 18.0 Å². The van der Waals surface area contributed by atoms with E-state index in [-0.39, 0.29) is 17.9 Å². The minimum absolute atomic E-state index is 0.00981. The van der Waals surface area contributed by atoms with Gasteiger partial charge < -0.3 is 19.3 Å². The van der Waals surface area contributed by atoms with Gasteiger partial charge in [0.15, 0.2) is 0 Å². The lowest BCUT2D eigenvalue weighted by atomic mass is 9.76. The first-order valence-electron chi connectivity index (χ1n) is 10.4. The summed E-state index contributed by atoms with van der Waals surface area (Å²) in [6.45, 7) is 4.83. The summed E-state index contributed by atoms with van der Waals surface area (Å²) in [6.07, 6.45) is 6.69. The topological polar surface area (TPSA) is 59.1 Å². The van der Waals surface area contributed by atoms with Crippen LogP contribution >= 0.6 is 0 Å². The van der Waals surface area contributed by atoms with Gasteiger partial charge in [-0.3, -0.25) is 9.59 Å². The maximum absolute atomic E-state index is 13.3. The number of nitrogens with zero attached hydrogens (tertiary/aromatic N) is 2. The Morgan fingerprint density at radius 2 is 2.14 bits per heavy atom. The van der Waals surface area contributed by atoms with Crippen LogP contribution in [-0.2, 0) is 14.3 Å². The Balaban J connectivity index is 1.28. The lowest BCUT2D eigenvalue weighted by Crippen LogP contribution is -2.47. The molecule has 0 unspecified atom stereocenters. The van der Waals surface area contributed by atoms with Crippen molar-refractivity contribution in [1.29, 1.82) is 0 Å². The maximum atomic E-state index is 13.3. The predicted octanol–water partition coefficient (Wildman–Crippen LogP) is 2.03. The zero-order chi connectivity index (χ0) is 20.0. The first kappa shape index (κ1) is 18.4. The van der Waals surface area contributed by atoms with E-state index in [0.717, 1.165) is 18.7 Å². The zero-order valence-corrected chi connectivity index (χ0v) is 16.6. The SMILES string of the molecule is CC1=CCN(C(=O)[C@@H]2[C@@H]3C=C[C@@]4(CN(CCOc5ccccc5)C(=O)[C@H]24)O3)CC1. The second-order valence-corrected chi connectivity index (χ2v) is 8.41. The molecule has 1 aromatic carbocycles. The fourth-order valence-electron chi connectivity index (χ4n) is 5.02. The average Bonchev–Trinajstić information content (AvgIpc) is 3.37. The minimum Gasteiger partial charge on any atom is -0.492 e. The third kappa shape index (κ3) is 3.06. The van der Waals surface area contributed by atoms with Crippen LogP contribution in [0.2, 0.25) is 0 Å². The molecule has 0 N–H and O–H groups in total. The summed E-state index contributed by atoms with van der Waals surface area (Å²) in [4.78, 5) is 30.2. The van der Waals surface area contributed by atoms with Crippen LogP contribution in [0.1, 0.15) is 13.3 Å². The number of carbonyl (C=O) groups excluding carboxylic acids is 2. The van der Waals surface area contributed by atoms with Gasteiger partial charge in [-0.1, -0.05) is 42.0 Å². The fourth-order valence-corrected chi connectivity index (χ4v) is 5.02. The van der Waals surface area contributed by atoms with Gasteiger partial charge >= 0.3 is 0 Å². The van der Waals surface area contributed by atoms with Crippen molar-refractivity contribution in [2.75, 3.05) is 32.8 Å². The summed E-state index contributed by atoms with van der Waals surface area (Å²) in [6, 6.07) is 9.58. The van der Waals surface area contributed by atoms with Crippen LogP contribution in [0.3, 0.4) is 0 Å². The van der Waals surface area contributed by atoms with Crippen molar-refractivity contribution in [2.45, 2.75) is 25.0 Å². The second kappa shape index (κ2) is 7.02. The minimum atomic E-state index is -0.656. The van der Waals surface area contributed by atoms with Crippen LogP contribution in [-0.4, -0.2) is 66.1 Å². The van der Waals surface area contributed by atoms with E-state index in [4.69, 9.17) is 9.47 Å². The Bertz CT molecular complexity index is 880. The van der Waals surface area contributed by atoms with Crippen molar-refractivity contribution >= 4 is 11.8 Å². The van der Waals surface area contributed by atoms with E-state index < -0.39 is 17.4 Å². The molecule has 0 aliphatic carbocycles. The number of hydrogen-bond donors (Lipinski definition) is 0. The average molecular weight is 394 g/mol. The Morgan fingerprint density at radius 3 is 2.90 bits per heavy atom. The zero-order valence-electron chi connectivity index (χ0n) is 16.6. The molecule has 2 fully saturated rings. The monoisotopic (exact) mass is 394 g/mol. The molecule has 2 amide bonds. The van der Waals surface area contributed by atoms with E-state index in [2.05, 4.69) is 13.0 Å². The van der Waals surface area contributed by atoms with Crippen LogP contribution in [0.4, 0.5) is 0 Å². The highest BCUT2D eigenvalue weighted by Crippen LogP contribution is 2.52. The van der Waals surface area contributed by atoms with Gasteiger partial charge in [-0.25, -0.2) is 0 Å². The Labute approximate surface area is 170 Å². The molecule has 5 rings (SSSR count). The summed E-state index contributed by atoms with van der Waals surface area (Å²) in [5.41, 5.74) is 0.659. The van der Waals surface area contributed by atoms with Crippen LogP contribution in [0.25, 0.3) is 0 Å². The molecule has 0 aromatic heterocycles. The number of benzene rings is 1. The highest BCUT2D eigenvalue weighted by molar-refractivity contribution is 5.93. The largest absolute Gasteiger partial charge is 0.492 e. The van der Waals surface area contributed by atoms with Gasteiger partial charge in [-0.2, -0.15) is 0 Å². The molecule has 1 spiro atoms. The summed E-state index contributed by atoms with van der Waals surface area (Å²) >= 11 is 0. The Kier molecular flexibility index (Phi) is 4.46. The molecule has 2 saturated heterocycles. The van der Waals surface area contributed by atoms with Gasteiger partial charge in [-0.05, 0) is 25.5 Å². The molecule has 0 radical (unpaired) electrons. The molecule has 0 saturated carbocycles. The number of likely N-dealkylation sites (tertiary alicyclic amines) is 1. The first-order chi connectivity index (χ1) is 14.1. The first-order valence-corrected chi connectivity index (χ1v) is 10.4. The lowest BCUT2D eigenvalue weighted by Gasteiger charge is -2.31. The van der Waals surface area contributed by atoms with Crippen molar-refractivity contribution < 1.29 is 19.1 Å². The van der Waals surface area contributed by atoms with E-state index in [9.17, 15) is 9.59 Å². The highest BCUT2D eigenvalue weighted by atomic mass is 16.5. The molecule has 4 heterocycles. The van der Waals surface area contributed by atoms with Crippen LogP contribution in [0.15, 0.2) is 54.1 Å². The highest BCUT2D eigenvalue weighted by Gasteiger charge is 2.67. The van der Waals surface area contributed by atoms with E-state index in [0.29, 0.717) is 26.2 Å². The van der Waals surface area contributed by atoms with Crippen molar-refractivity contribution in [1.82, 2.24) is 9.80 Å². The molecule has 29 heavy (non-hydrogen) atoms. The van der Waals surface area contributed by atoms with E-state index in [1.54, 1.807) is 4.90 Å². The molecular weight excluding hydrogens is 368 g/mol. The third-order valence-electron chi connectivity index (χ3n) is 6.58. The number of amides is 2. The molecule has 6 nitrogen and oxygen atoms in total. The van der Waals surface area contributed by atoms with E-state index >= 15 is 0 Å².